The van der Waals surface area contributed by atoms with Crippen molar-refractivity contribution in [2.24, 2.45) is 0 Å². The Morgan fingerprint density at radius 1 is 1.47 bits per heavy atom. The second kappa shape index (κ2) is 5.10. The summed E-state index contributed by atoms with van der Waals surface area (Å²) >= 11 is 5.83. The first-order valence-corrected chi connectivity index (χ1v) is 6.83. The average molecular weight is 244 g/mol. The maximum absolute atomic E-state index is 11.8. The largest absolute Gasteiger partial charge is 0.313 e. The van der Waals surface area contributed by atoms with Crippen LogP contribution in [0.25, 0.3) is 0 Å². The molecule has 1 aromatic carbocycles. The molecule has 1 saturated carbocycles. The van der Waals surface area contributed by atoms with Crippen molar-refractivity contribution in [3.05, 3.63) is 29.3 Å². The van der Waals surface area contributed by atoms with Crippen LogP contribution in [0.15, 0.2) is 29.2 Å². The van der Waals surface area contributed by atoms with E-state index in [1.807, 2.05) is 12.1 Å². The lowest BCUT2D eigenvalue weighted by Gasteiger charge is -2.03. The number of hydrogen-bond acceptors (Lipinski definition) is 2. The van der Waals surface area contributed by atoms with Crippen LogP contribution in [-0.2, 0) is 10.8 Å². The third-order valence-electron chi connectivity index (χ3n) is 2.36. The minimum Gasteiger partial charge on any atom is -0.313 e. The smallest absolute Gasteiger partial charge is 0.0542 e. The summed E-state index contributed by atoms with van der Waals surface area (Å²) in [5.74, 6) is 0.664. The molecule has 0 spiro atoms. The minimum absolute atomic E-state index is 0.649. The van der Waals surface area contributed by atoms with Crippen molar-refractivity contribution < 1.29 is 4.21 Å². The molecule has 4 heteroatoms. The zero-order chi connectivity index (χ0) is 10.7. The molecule has 0 aliphatic heterocycles. The van der Waals surface area contributed by atoms with Crippen molar-refractivity contribution in [3.8, 4) is 0 Å². The maximum atomic E-state index is 11.8. The van der Waals surface area contributed by atoms with E-state index in [2.05, 4.69) is 5.32 Å². The Morgan fingerprint density at radius 2 is 2.27 bits per heavy atom. The third kappa shape index (κ3) is 3.59. The zero-order valence-electron chi connectivity index (χ0n) is 8.41. The normalized spacial score (nSPS) is 17.7. The number of rotatable bonds is 5. The van der Waals surface area contributed by atoms with Crippen molar-refractivity contribution >= 4 is 22.4 Å². The summed E-state index contributed by atoms with van der Waals surface area (Å²) < 4.78 is 11.8. The lowest BCUT2D eigenvalue weighted by atomic mass is 10.4. The molecule has 0 aromatic heterocycles. The molecule has 0 saturated heterocycles. The maximum Gasteiger partial charge on any atom is 0.0542 e. The quantitative estimate of drug-likeness (QED) is 0.859. The summed E-state index contributed by atoms with van der Waals surface area (Å²) in [5, 5.41) is 3.99. The molecule has 1 aliphatic carbocycles. The third-order valence-corrected chi connectivity index (χ3v) is 3.95. The van der Waals surface area contributed by atoms with Crippen molar-refractivity contribution in [3.63, 3.8) is 0 Å². The number of halogens is 1. The predicted octanol–water partition coefficient (Wildman–Crippen LogP) is 2.20. The van der Waals surface area contributed by atoms with Crippen molar-refractivity contribution in [2.75, 3.05) is 12.3 Å². The van der Waals surface area contributed by atoms with E-state index in [9.17, 15) is 4.21 Å². The highest BCUT2D eigenvalue weighted by molar-refractivity contribution is 7.85. The lowest BCUT2D eigenvalue weighted by Crippen LogP contribution is -2.22. The molecule has 1 N–H and O–H groups in total. The van der Waals surface area contributed by atoms with Gasteiger partial charge >= 0.3 is 0 Å². The summed E-state index contributed by atoms with van der Waals surface area (Å²) in [6.45, 7) is 0.823. The highest BCUT2D eigenvalue weighted by Crippen LogP contribution is 2.18. The monoisotopic (exact) mass is 243 g/mol. The molecular formula is C11H14ClNOS. The van der Waals surface area contributed by atoms with Crippen LogP contribution in [0.5, 0.6) is 0 Å². The van der Waals surface area contributed by atoms with Gasteiger partial charge in [0.2, 0.25) is 0 Å². The van der Waals surface area contributed by atoms with Gasteiger partial charge < -0.3 is 5.32 Å². The summed E-state index contributed by atoms with van der Waals surface area (Å²) in [6, 6.07) is 7.95. The summed E-state index contributed by atoms with van der Waals surface area (Å²) in [4.78, 5) is 0.820. The molecule has 0 radical (unpaired) electrons. The summed E-state index contributed by atoms with van der Waals surface area (Å²) in [7, 11) is -0.929. The van der Waals surface area contributed by atoms with Gasteiger partial charge in [0, 0.05) is 28.3 Å². The van der Waals surface area contributed by atoms with Crippen LogP contribution >= 0.6 is 11.6 Å². The van der Waals surface area contributed by atoms with E-state index in [0.29, 0.717) is 16.8 Å². The number of nitrogens with one attached hydrogen (secondary N) is 1. The van der Waals surface area contributed by atoms with E-state index in [1.165, 1.54) is 12.8 Å². The molecule has 15 heavy (non-hydrogen) atoms. The number of hydrogen-bond donors (Lipinski definition) is 1. The Kier molecular flexibility index (Phi) is 3.78. The van der Waals surface area contributed by atoms with Gasteiger partial charge in [0.25, 0.3) is 0 Å². The van der Waals surface area contributed by atoms with Crippen LogP contribution in [0, 0.1) is 0 Å². The van der Waals surface area contributed by atoms with Gasteiger partial charge in [-0.3, -0.25) is 4.21 Å². The zero-order valence-corrected chi connectivity index (χ0v) is 9.98. The van der Waals surface area contributed by atoms with E-state index in [4.69, 9.17) is 11.6 Å². The SMILES string of the molecule is O=S(CCNC1CC1)c1cccc(Cl)c1. The minimum atomic E-state index is -0.929. The van der Waals surface area contributed by atoms with Gasteiger partial charge in [-0.1, -0.05) is 17.7 Å². The van der Waals surface area contributed by atoms with Crippen molar-refractivity contribution in [2.45, 2.75) is 23.8 Å². The van der Waals surface area contributed by atoms with E-state index in [0.717, 1.165) is 11.4 Å². The van der Waals surface area contributed by atoms with E-state index >= 15 is 0 Å². The molecule has 0 amide bonds. The molecule has 1 aliphatic rings. The predicted molar refractivity (Wildman–Crippen MR) is 63.8 cm³/mol. The van der Waals surface area contributed by atoms with Gasteiger partial charge in [-0.05, 0) is 31.0 Å². The fourth-order valence-corrected chi connectivity index (χ4v) is 2.65. The fraction of sp³-hybridized carbons (Fsp3) is 0.455. The lowest BCUT2D eigenvalue weighted by molar-refractivity contribution is 0.672. The van der Waals surface area contributed by atoms with Crippen molar-refractivity contribution in [1.29, 1.82) is 0 Å². The summed E-state index contributed by atoms with van der Waals surface area (Å²) in [6.07, 6.45) is 2.54. The molecule has 0 bridgehead atoms. The Labute approximate surface area is 97.5 Å². The second-order valence-corrected chi connectivity index (χ2v) is 5.74. The van der Waals surface area contributed by atoms with Gasteiger partial charge in [0.15, 0.2) is 0 Å². The van der Waals surface area contributed by atoms with Crippen LogP contribution < -0.4 is 5.32 Å². The highest BCUT2D eigenvalue weighted by Gasteiger charge is 2.20. The van der Waals surface area contributed by atoms with Crippen molar-refractivity contribution in [1.82, 2.24) is 5.32 Å². The first kappa shape index (κ1) is 11.1. The summed E-state index contributed by atoms with van der Waals surface area (Å²) in [5.41, 5.74) is 0. The Balaban J connectivity index is 1.83. The average Bonchev–Trinajstić information content (AvgIpc) is 3.01. The molecule has 0 heterocycles. The van der Waals surface area contributed by atoms with Gasteiger partial charge in [-0.15, -0.1) is 0 Å². The molecular weight excluding hydrogens is 230 g/mol. The first-order chi connectivity index (χ1) is 7.25. The van der Waals surface area contributed by atoms with Gasteiger partial charge in [-0.25, -0.2) is 0 Å². The Morgan fingerprint density at radius 3 is 2.93 bits per heavy atom. The molecule has 1 unspecified atom stereocenters. The van der Waals surface area contributed by atoms with Crippen LogP contribution in [0.4, 0.5) is 0 Å². The Bertz CT molecular complexity index is 365. The first-order valence-electron chi connectivity index (χ1n) is 5.13. The van der Waals surface area contributed by atoms with Crippen LogP contribution in [0.3, 0.4) is 0 Å². The molecule has 1 fully saturated rings. The molecule has 1 aromatic rings. The Hall–Kier alpha value is -0.380. The number of benzene rings is 1. The molecule has 2 nitrogen and oxygen atoms in total. The highest BCUT2D eigenvalue weighted by atomic mass is 35.5. The van der Waals surface area contributed by atoms with Crippen LogP contribution in [0.1, 0.15) is 12.8 Å². The molecule has 2 rings (SSSR count). The van der Waals surface area contributed by atoms with Gasteiger partial charge in [0.1, 0.15) is 0 Å². The second-order valence-electron chi connectivity index (χ2n) is 3.74. The van der Waals surface area contributed by atoms with Crippen LogP contribution in [-0.4, -0.2) is 22.5 Å². The van der Waals surface area contributed by atoms with Gasteiger partial charge in [-0.2, -0.15) is 0 Å². The fourth-order valence-electron chi connectivity index (χ4n) is 1.37. The van der Waals surface area contributed by atoms with E-state index < -0.39 is 10.8 Å². The topological polar surface area (TPSA) is 29.1 Å². The van der Waals surface area contributed by atoms with Crippen LogP contribution in [0.2, 0.25) is 5.02 Å². The van der Waals surface area contributed by atoms with E-state index in [1.54, 1.807) is 12.1 Å². The molecule has 82 valence electrons. The van der Waals surface area contributed by atoms with Gasteiger partial charge in [0.05, 0.1) is 10.8 Å². The standard InChI is InChI=1S/C11H14ClNOS/c12-9-2-1-3-11(8-9)15(14)7-6-13-10-4-5-10/h1-3,8,10,13H,4-7H2. The van der Waals surface area contributed by atoms with E-state index in [-0.39, 0.29) is 0 Å². The molecule has 1 atom stereocenters.